The molecule has 5 heteroatoms. The van der Waals surface area contributed by atoms with Crippen LogP contribution in [0.4, 0.5) is 5.69 Å². The molecule has 0 saturated carbocycles. The summed E-state index contributed by atoms with van der Waals surface area (Å²) in [6.45, 7) is 1.98. The Morgan fingerprint density at radius 2 is 2.00 bits per heavy atom. The maximum absolute atomic E-state index is 12.2. The molecule has 0 unspecified atom stereocenters. The summed E-state index contributed by atoms with van der Waals surface area (Å²) in [5, 5.41) is 3.42. The van der Waals surface area contributed by atoms with Gasteiger partial charge in [-0.25, -0.2) is 0 Å². The van der Waals surface area contributed by atoms with Gasteiger partial charge in [-0.1, -0.05) is 27.5 Å². The maximum Gasteiger partial charge on any atom is 0.256 e. The number of benzene rings is 2. The Balaban J connectivity index is 2.25. The van der Waals surface area contributed by atoms with Crippen LogP contribution in [-0.2, 0) is 0 Å². The number of carbonyl (C=O) groups is 1. The highest BCUT2D eigenvalue weighted by atomic mass is 127. The first kappa shape index (κ1) is 14.8. The monoisotopic (exact) mass is 449 g/mol. The van der Waals surface area contributed by atoms with E-state index in [2.05, 4.69) is 43.8 Å². The average molecular weight is 451 g/mol. The third-order valence-corrected chi connectivity index (χ3v) is 4.65. The molecule has 98 valence electrons. The Kier molecular flexibility index (Phi) is 4.86. The van der Waals surface area contributed by atoms with Crippen LogP contribution in [0.1, 0.15) is 15.9 Å². The van der Waals surface area contributed by atoms with Crippen LogP contribution >= 0.6 is 50.1 Å². The predicted octanol–water partition coefficient (Wildman–Crippen LogP) is 5.27. The van der Waals surface area contributed by atoms with Crippen molar-refractivity contribution >= 4 is 61.7 Å². The van der Waals surface area contributed by atoms with E-state index in [1.165, 1.54) is 0 Å². The molecule has 0 saturated heterocycles. The molecule has 0 aliphatic rings. The largest absolute Gasteiger partial charge is 0.322 e. The predicted molar refractivity (Wildman–Crippen MR) is 91.0 cm³/mol. The van der Waals surface area contributed by atoms with Crippen LogP contribution in [-0.4, -0.2) is 5.91 Å². The second-order valence-electron chi connectivity index (χ2n) is 4.04. The Morgan fingerprint density at radius 3 is 2.68 bits per heavy atom. The minimum absolute atomic E-state index is 0.159. The molecule has 19 heavy (non-hydrogen) atoms. The van der Waals surface area contributed by atoms with Crippen LogP contribution in [0, 0.1) is 10.5 Å². The van der Waals surface area contributed by atoms with E-state index >= 15 is 0 Å². The second kappa shape index (κ2) is 6.24. The first-order valence-electron chi connectivity index (χ1n) is 5.50. The molecule has 2 nitrogen and oxygen atoms in total. The van der Waals surface area contributed by atoms with E-state index in [0.717, 1.165) is 19.3 Å². The lowest BCUT2D eigenvalue weighted by Gasteiger charge is -2.08. The quantitative estimate of drug-likeness (QED) is 0.621. The lowest BCUT2D eigenvalue weighted by Crippen LogP contribution is -2.13. The van der Waals surface area contributed by atoms with Crippen LogP contribution in [0.25, 0.3) is 0 Å². The third-order valence-electron chi connectivity index (χ3n) is 2.59. The Bertz CT molecular complexity index is 645. The number of carbonyl (C=O) groups excluding carboxylic acids is 1. The first-order chi connectivity index (χ1) is 8.97. The van der Waals surface area contributed by atoms with Crippen LogP contribution in [0.3, 0.4) is 0 Å². The maximum atomic E-state index is 12.2. The lowest BCUT2D eigenvalue weighted by atomic mass is 10.2. The van der Waals surface area contributed by atoms with Crippen molar-refractivity contribution < 1.29 is 4.79 Å². The summed E-state index contributed by atoms with van der Waals surface area (Å²) in [7, 11) is 0. The first-order valence-corrected chi connectivity index (χ1v) is 7.75. The van der Waals surface area contributed by atoms with Gasteiger partial charge in [0.05, 0.1) is 5.56 Å². The van der Waals surface area contributed by atoms with Gasteiger partial charge in [0.25, 0.3) is 5.91 Å². The lowest BCUT2D eigenvalue weighted by molar-refractivity contribution is 0.102. The molecule has 0 atom stereocenters. The van der Waals surface area contributed by atoms with E-state index in [1.807, 2.05) is 31.2 Å². The van der Waals surface area contributed by atoms with Gasteiger partial charge in [0, 0.05) is 18.8 Å². The minimum Gasteiger partial charge on any atom is -0.322 e. The number of hydrogen-bond acceptors (Lipinski definition) is 1. The molecule has 2 aromatic carbocycles. The third kappa shape index (κ3) is 3.70. The molecule has 1 amide bonds. The Morgan fingerprint density at radius 1 is 1.26 bits per heavy atom. The number of hydrogen-bond donors (Lipinski definition) is 1. The Labute approximate surface area is 138 Å². The Hall–Kier alpha value is -0.590. The van der Waals surface area contributed by atoms with Crippen LogP contribution in [0.2, 0.25) is 5.02 Å². The average Bonchev–Trinajstić information content (AvgIpc) is 2.36. The normalized spacial score (nSPS) is 10.3. The number of halogens is 3. The van der Waals surface area contributed by atoms with Gasteiger partial charge in [0.1, 0.15) is 0 Å². The fraction of sp³-hybridized carbons (Fsp3) is 0.0714. The zero-order valence-electron chi connectivity index (χ0n) is 10.0. The topological polar surface area (TPSA) is 29.1 Å². The molecule has 0 aromatic heterocycles. The molecular weight excluding hydrogens is 440 g/mol. The minimum atomic E-state index is -0.159. The van der Waals surface area contributed by atoms with Crippen molar-refractivity contribution in [3.8, 4) is 0 Å². The summed E-state index contributed by atoms with van der Waals surface area (Å²) in [5.41, 5.74) is 2.41. The van der Waals surface area contributed by atoms with Gasteiger partial charge in [0.2, 0.25) is 0 Å². The van der Waals surface area contributed by atoms with Crippen LogP contribution in [0.5, 0.6) is 0 Å². The van der Waals surface area contributed by atoms with E-state index < -0.39 is 0 Å². The van der Waals surface area contributed by atoms with Crippen molar-refractivity contribution in [1.29, 1.82) is 0 Å². The standard InChI is InChI=1S/C14H10BrClINO/c1-8-6-10(3-4-12(8)15)18-14(19)11-7-9(16)2-5-13(11)17/h2-7H,1H3,(H,18,19). The summed E-state index contributed by atoms with van der Waals surface area (Å²) in [6.07, 6.45) is 0. The fourth-order valence-corrected chi connectivity index (χ4v) is 2.59. The highest BCUT2D eigenvalue weighted by Crippen LogP contribution is 2.22. The van der Waals surface area contributed by atoms with Gasteiger partial charge in [-0.2, -0.15) is 0 Å². The molecule has 0 heterocycles. The molecule has 0 radical (unpaired) electrons. The van der Waals surface area contributed by atoms with Gasteiger partial charge in [-0.15, -0.1) is 0 Å². The highest BCUT2D eigenvalue weighted by molar-refractivity contribution is 14.1. The number of aryl methyl sites for hydroxylation is 1. The van der Waals surface area contributed by atoms with Gasteiger partial charge in [-0.3, -0.25) is 4.79 Å². The van der Waals surface area contributed by atoms with Crippen molar-refractivity contribution in [3.63, 3.8) is 0 Å². The summed E-state index contributed by atoms with van der Waals surface area (Å²) in [5.74, 6) is -0.159. The van der Waals surface area contributed by atoms with Crippen molar-refractivity contribution in [1.82, 2.24) is 0 Å². The van der Waals surface area contributed by atoms with Gasteiger partial charge >= 0.3 is 0 Å². The molecule has 2 rings (SSSR count). The molecule has 2 aromatic rings. The van der Waals surface area contributed by atoms with E-state index in [4.69, 9.17) is 11.6 Å². The fourth-order valence-electron chi connectivity index (χ4n) is 1.59. The number of anilines is 1. The van der Waals surface area contributed by atoms with Crippen LogP contribution in [0.15, 0.2) is 40.9 Å². The van der Waals surface area contributed by atoms with Crippen molar-refractivity contribution in [2.75, 3.05) is 5.32 Å². The van der Waals surface area contributed by atoms with Crippen molar-refractivity contribution in [2.45, 2.75) is 6.92 Å². The summed E-state index contributed by atoms with van der Waals surface area (Å²) in [4.78, 5) is 12.2. The molecule has 0 aliphatic carbocycles. The van der Waals surface area contributed by atoms with Crippen molar-refractivity contribution in [2.24, 2.45) is 0 Å². The van der Waals surface area contributed by atoms with E-state index in [1.54, 1.807) is 12.1 Å². The zero-order valence-corrected chi connectivity index (χ0v) is 14.5. The molecule has 1 N–H and O–H groups in total. The summed E-state index contributed by atoms with van der Waals surface area (Å²) >= 11 is 11.5. The number of nitrogens with one attached hydrogen (secondary N) is 1. The SMILES string of the molecule is Cc1cc(NC(=O)c2cc(Cl)ccc2I)ccc1Br. The van der Waals surface area contributed by atoms with Crippen molar-refractivity contribution in [3.05, 3.63) is 60.6 Å². The van der Waals surface area contributed by atoms with Gasteiger partial charge in [0.15, 0.2) is 0 Å². The van der Waals surface area contributed by atoms with Crippen LogP contribution < -0.4 is 5.32 Å². The van der Waals surface area contributed by atoms with Gasteiger partial charge in [-0.05, 0) is 71.5 Å². The number of amides is 1. The molecule has 0 bridgehead atoms. The summed E-state index contributed by atoms with van der Waals surface area (Å²) in [6, 6.07) is 10.9. The molecule has 0 spiro atoms. The molecular formula is C14H10BrClINO. The second-order valence-corrected chi connectivity index (χ2v) is 6.50. The highest BCUT2D eigenvalue weighted by Gasteiger charge is 2.11. The van der Waals surface area contributed by atoms with Gasteiger partial charge < -0.3 is 5.32 Å². The van der Waals surface area contributed by atoms with E-state index in [0.29, 0.717) is 10.6 Å². The zero-order chi connectivity index (χ0) is 14.0. The van der Waals surface area contributed by atoms with E-state index in [-0.39, 0.29) is 5.91 Å². The molecule has 0 aliphatic heterocycles. The molecule has 0 fully saturated rings. The van der Waals surface area contributed by atoms with E-state index in [9.17, 15) is 4.79 Å². The number of rotatable bonds is 2. The smallest absolute Gasteiger partial charge is 0.256 e. The summed E-state index contributed by atoms with van der Waals surface area (Å²) < 4.78 is 1.89.